The maximum Gasteiger partial charge on any atom is 0.249 e. The van der Waals surface area contributed by atoms with E-state index in [1.54, 1.807) is 29.7 Å². The normalized spacial score (nSPS) is 23.2. The maximum absolute atomic E-state index is 12.1. The average molecular weight is 232 g/mol. The highest BCUT2D eigenvalue weighted by atomic mass is 32.2. The largest absolute Gasteiger partial charge is 0.324 e. The third kappa shape index (κ3) is 1.39. The van der Waals surface area contributed by atoms with Crippen molar-refractivity contribution >= 4 is 29.1 Å². The van der Waals surface area contributed by atoms with E-state index >= 15 is 0 Å². The number of nitrogens with one attached hydrogen (secondary N) is 1. The summed E-state index contributed by atoms with van der Waals surface area (Å²) in [5.74, 6) is -0.763. The first kappa shape index (κ1) is 10.7. The molecule has 4 nitrogen and oxygen atoms in total. The van der Waals surface area contributed by atoms with Crippen LogP contribution in [0.3, 0.4) is 0 Å². The van der Waals surface area contributed by atoms with E-state index in [0.29, 0.717) is 23.0 Å². The van der Waals surface area contributed by atoms with Gasteiger partial charge >= 0.3 is 0 Å². The van der Waals surface area contributed by atoms with Gasteiger partial charge in [-0.05, 0) is 30.8 Å². The molecule has 1 N–H and O–H groups in total. The van der Waals surface area contributed by atoms with Crippen molar-refractivity contribution in [2.45, 2.75) is 11.7 Å². The molecule has 0 aromatic heterocycles. The zero-order valence-corrected chi connectivity index (χ0v) is 9.30. The standard InChI is InChI=1S/C11H8N2O2S/c1-11(16-6-12)9(14)7-4-2-3-5-8(7)13-10(11)15/h2-5H,1H3,(H,13,15). The monoisotopic (exact) mass is 232 g/mol. The number of anilines is 1. The van der Waals surface area contributed by atoms with Crippen LogP contribution in [0.1, 0.15) is 17.3 Å². The van der Waals surface area contributed by atoms with Gasteiger partial charge in [-0.3, -0.25) is 9.59 Å². The number of benzene rings is 1. The van der Waals surface area contributed by atoms with E-state index in [0.717, 1.165) is 0 Å². The topological polar surface area (TPSA) is 70.0 Å². The number of nitrogens with zero attached hydrogens (tertiary/aromatic N) is 1. The molecule has 1 aromatic carbocycles. The lowest BCUT2D eigenvalue weighted by Gasteiger charge is -2.29. The van der Waals surface area contributed by atoms with Gasteiger partial charge in [-0.25, -0.2) is 0 Å². The van der Waals surface area contributed by atoms with Crippen LogP contribution in [-0.2, 0) is 4.79 Å². The number of thioether (sulfide) groups is 1. The van der Waals surface area contributed by atoms with E-state index in [2.05, 4.69) is 5.32 Å². The summed E-state index contributed by atoms with van der Waals surface area (Å²) in [7, 11) is 0. The van der Waals surface area contributed by atoms with Crippen LogP contribution in [0, 0.1) is 10.7 Å². The third-order valence-electron chi connectivity index (χ3n) is 2.54. The minimum absolute atomic E-state index is 0.321. The molecule has 0 saturated carbocycles. The number of amides is 1. The number of thiocyanates is 1. The molecule has 0 saturated heterocycles. The molecular formula is C11H8N2O2S. The second kappa shape index (κ2) is 3.65. The SMILES string of the molecule is CC1(SC#N)C(=O)Nc2ccccc2C1=O. The molecule has 2 rings (SSSR count). The molecule has 1 heterocycles. The molecule has 0 aliphatic carbocycles. The lowest BCUT2D eigenvalue weighted by atomic mass is 9.92. The summed E-state index contributed by atoms with van der Waals surface area (Å²) in [6.07, 6.45) is 0. The summed E-state index contributed by atoms with van der Waals surface area (Å²) in [6, 6.07) is 6.78. The van der Waals surface area contributed by atoms with Gasteiger partial charge in [0.1, 0.15) is 5.40 Å². The van der Waals surface area contributed by atoms with Crippen LogP contribution in [0.5, 0.6) is 0 Å². The van der Waals surface area contributed by atoms with E-state index in [9.17, 15) is 9.59 Å². The van der Waals surface area contributed by atoms with Crippen LogP contribution in [0.2, 0.25) is 0 Å². The third-order valence-corrected chi connectivity index (χ3v) is 3.41. The summed E-state index contributed by atoms with van der Waals surface area (Å²) in [4.78, 5) is 23.9. The maximum atomic E-state index is 12.1. The van der Waals surface area contributed by atoms with Crippen molar-refractivity contribution in [2.24, 2.45) is 0 Å². The van der Waals surface area contributed by atoms with Crippen molar-refractivity contribution in [3.63, 3.8) is 0 Å². The number of hydrogen-bond donors (Lipinski definition) is 1. The van der Waals surface area contributed by atoms with Crippen molar-refractivity contribution in [1.29, 1.82) is 5.26 Å². The average Bonchev–Trinajstić information content (AvgIpc) is 2.27. The molecular weight excluding hydrogens is 224 g/mol. The van der Waals surface area contributed by atoms with Gasteiger partial charge in [0, 0.05) is 5.56 Å². The van der Waals surface area contributed by atoms with Gasteiger partial charge in [-0.15, -0.1) is 0 Å². The molecule has 0 spiro atoms. The van der Waals surface area contributed by atoms with E-state index in [1.165, 1.54) is 6.92 Å². The summed E-state index contributed by atoms with van der Waals surface area (Å²) in [5, 5.41) is 13.1. The fourth-order valence-electron chi connectivity index (χ4n) is 1.58. The molecule has 0 bridgehead atoms. The number of carbonyl (C=O) groups excluding carboxylic acids is 2. The summed E-state index contributed by atoms with van der Waals surface area (Å²) in [6.45, 7) is 1.47. The predicted octanol–water partition coefficient (Wildman–Crippen LogP) is 1.79. The highest BCUT2D eigenvalue weighted by molar-refractivity contribution is 8.06. The summed E-state index contributed by atoms with van der Waals surface area (Å²) in [5.41, 5.74) is 0.959. The van der Waals surface area contributed by atoms with Gasteiger partial charge in [0.25, 0.3) is 0 Å². The molecule has 16 heavy (non-hydrogen) atoms. The molecule has 1 amide bonds. The summed E-state index contributed by atoms with van der Waals surface area (Å²) >= 11 is 0.678. The number of nitriles is 1. The molecule has 1 aromatic rings. The molecule has 1 atom stereocenters. The number of Topliss-reactive ketones (excluding diaryl/α,β-unsaturated/α-hetero) is 1. The highest BCUT2D eigenvalue weighted by Crippen LogP contribution is 2.36. The minimum atomic E-state index is -1.34. The Hall–Kier alpha value is -1.80. The quantitative estimate of drug-likeness (QED) is 0.592. The Labute approximate surface area is 96.6 Å². The van der Waals surface area contributed by atoms with Gasteiger partial charge in [0.05, 0.1) is 5.69 Å². The first-order valence-electron chi connectivity index (χ1n) is 4.62. The molecule has 1 unspecified atom stereocenters. The number of fused-ring (bicyclic) bond motifs is 1. The second-order valence-electron chi connectivity index (χ2n) is 3.56. The molecule has 0 fully saturated rings. The lowest BCUT2D eigenvalue weighted by Crippen LogP contribution is -2.48. The Kier molecular flexibility index (Phi) is 2.44. The van der Waals surface area contributed by atoms with E-state index < -0.39 is 10.7 Å². The highest BCUT2D eigenvalue weighted by Gasteiger charge is 2.46. The van der Waals surface area contributed by atoms with E-state index in [1.807, 2.05) is 0 Å². The Morgan fingerprint density at radius 1 is 1.38 bits per heavy atom. The van der Waals surface area contributed by atoms with Crippen LogP contribution >= 0.6 is 11.8 Å². The van der Waals surface area contributed by atoms with Gasteiger partial charge in [0.15, 0.2) is 10.5 Å². The predicted molar refractivity (Wildman–Crippen MR) is 61.0 cm³/mol. The fraction of sp³-hybridized carbons (Fsp3) is 0.182. The van der Waals surface area contributed by atoms with E-state index in [-0.39, 0.29) is 5.78 Å². The zero-order chi connectivity index (χ0) is 11.8. The second-order valence-corrected chi connectivity index (χ2v) is 4.76. The van der Waals surface area contributed by atoms with Crippen molar-refractivity contribution in [3.8, 4) is 5.40 Å². The van der Waals surface area contributed by atoms with Crippen molar-refractivity contribution in [1.82, 2.24) is 0 Å². The van der Waals surface area contributed by atoms with Gasteiger partial charge < -0.3 is 5.32 Å². The number of para-hydroxylation sites is 1. The molecule has 0 radical (unpaired) electrons. The van der Waals surface area contributed by atoms with Crippen LogP contribution in [0.15, 0.2) is 24.3 Å². The van der Waals surface area contributed by atoms with Crippen molar-refractivity contribution < 1.29 is 9.59 Å². The van der Waals surface area contributed by atoms with Gasteiger partial charge in [-0.2, -0.15) is 5.26 Å². The molecule has 80 valence electrons. The minimum Gasteiger partial charge on any atom is -0.324 e. The number of rotatable bonds is 1. The Morgan fingerprint density at radius 2 is 2.06 bits per heavy atom. The van der Waals surface area contributed by atoms with Crippen LogP contribution < -0.4 is 5.32 Å². The Morgan fingerprint density at radius 3 is 2.75 bits per heavy atom. The molecule has 1 aliphatic heterocycles. The molecule has 1 aliphatic rings. The number of carbonyl (C=O) groups is 2. The first-order valence-corrected chi connectivity index (χ1v) is 5.43. The zero-order valence-electron chi connectivity index (χ0n) is 8.48. The van der Waals surface area contributed by atoms with Crippen LogP contribution in [0.4, 0.5) is 5.69 Å². The van der Waals surface area contributed by atoms with Gasteiger partial charge in [-0.1, -0.05) is 12.1 Å². The fourth-order valence-corrected chi connectivity index (χ4v) is 2.10. The lowest BCUT2D eigenvalue weighted by molar-refractivity contribution is -0.117. The van der Waals surface area contributed by atoms with Gasteiger partial charge in [0.2, 0.25) is 5.91 Å². The molecule has 5 heteroatoms. The first-order chi connectivity index (χ1) is 7.59. The Bertz CT molecular complexity index is 521. The smallest absolute Gasteiger partial charge is 0.249 e. The van der Waals surface area contributed by atoms with Crippen molar-refractivity contribution in [2.75, 3.05) is 5.32 Å². The van der Waals surface area contributed by atoms with Crippen LogP contribution in [-0.4, -0.2) is 16.4 Å². The number of hydrogen-bond acceptors (Lipinski definition) is 4. The van der Waals surface area contributed by atoms with Crippen molar-refractivity contribution in [3.05, 3.63) is 29.8 Å². The summed E-state index contributed by atoms with van der Waals surface area (Å²) < 4.78 is -1.34. The number of ketones is 1. The van der Waals surface area contributed by atoms with Crippen LogP contribution in [0.25, 0.3) is 0 Å². The van der Waals surface area contributed by atoms with E-state index in [4.69, 9.17) is 5.26 Å². The Balaban J connectivity index is 2.55.